The number of hydrogen-bond donors (Lipinski definition) is 0. The number of amides is 1. The van der Waals surface area contributed by atoms with E-state index in [1.54, 1.807) is 6.92 Å². The van der Waals surface area contributed by atoms with Crippen molar-refractivity contribution >= 4 is 11.6 Å². The molecule has 0 spiro atoms. The van der Waals surface area contributed by atoms with E-state index in [-0.39, 0.29) is 5.91 Å². The van der Waals surface area contributed by atoms with Gasteiger partial charge in [0.15, 0.2) is 0 Å². The molecule has 24 heavy (non-hydrogen) atoms. The predicted octanol–water partition coefficient (Wildman–Crippen LogP) is 2.22. The molecule has 0 N–H and O–H groups in total. The molecule has 132 valence electrons. The zero-order chi connectivity index (χ0) is 16.8. The van der Waals surface area contributed by atoms with Gasteiger partial charge in [-0.25, -0.2) is 0 Å². The fourth-order valence-corrected chi connectivity index (χ4v) is 3.52. The minimum absolute atomic E-state index is 0.173. The fourth-order valence-electron chi connectivity index (χ4n) is 3.52. The molecule has 1 aromatic carbocycles. The molecule has 3 rings (SSSR count). The summed E-state index contributed by atoms with van der Waals surface area (Å²) in [5.41, 5.74) is 1.21. The van der Waals surface area contributed by atoms with E-state index in [1.807, 2.05) is 4.90 Å². The molecule has 2 aliphatic heterocycles. The van der Waals surface area contributed by atoms with Crippen LogP contribution in [0.25, 0.3) is 0 Å². The number of ether oxygens (including phenoxy) is 1. The first-order chi connectivity index (χ1) is 11.7. The number of rotatable bonds is 6. The molecule has 2 heterocycles. The number of benzene rings is 1. The first kappa shape index (κ1) is 17.1. The Kier molecular flexibility index (Phi) is 5.96. The highest BCUT2D eigenvalue weighted by molar-refractivity contribution is 5.73. The van der Waals surface area contributed by atoms with Crippen LogP contribution in [0.1, 0.15) is 26.2 Å². The molecule has 1 amide bonds. The van der Waals surface area contributed by atoms with Gasteiger partial charge < -0.3 is 19.4 Å². The summed E-state index contributed by atoms with van der Waals surface area (Å²) in [5.74, 6) is 1.12. The second-order valence-corrected chi connectivity index (χ2v) is 6.74. The third-order valence-corrected chi connectivity index (χ3v) is 5.01. The Morgan fingerprint density at radius 1 is 1.00 bits per heavy atom. The minimum atomic E-state index is 0.173. The third-order valence-electron chi connectivity index (χ3n) is 5.01. The van der Waals surface area contributed by atoms with Crippen LogP contribution in [0.2, 0.25) is 0 Å². The Bertz CT molecular complexity index is 518. The van der Waals surface area contributed by atoms with Crippen LogP contribution in [0, 0.1) is 0 Å². The van der Waals surface area contributed by atoms with Gasteiger partial charge in [-0.05, 0) is 56.6 Å². The average molecular weight is 331 g/mol. The number of anilines is 1. The second kappa shape index (κ2) is 8.38. The lowest BCUT2D eigenvalue weighted by Crippen LogP contribution is -2.48. The Hall–Kier alpha value is -1.75. The van der Waals surface area contributed by atoms with Crippen molar-refractivity contribution in [1.29, 1.82) is 0 Å². The monoisotopic (exact) mass is 331 g/mol. The summed E-state index contributed by atoms with van der Waals surface area (Å²) in [6.45, 7) is 9.51. The smallest absolute Gasteiger partial charge is 0.219 e. The number of likely N-dealkylation sites (tertiary alicyclic amines) is 1. The molecule has 0 aliphatic carbocycles. The van der Waals surface area contributed by atoms with Crippen molar-refractivity contribution in [3.05, 3.63) is 24.3 Å². The molecular weight excluding hydrogens is 302 g/mol. The summed E-state index contributed by atoms with van der Waals surface area (Å²) in [4.78, 5) is 18.1. The lowest BCUT2D eigenvalue weighted by Gasteiger charge is -2.35. The van der Waals surface area contributed by atoms with Gasteiger partial charge in [0.25, 0.3) is 0 Å². The standard InChI is InChI=1S/C19H29N3O2/c1-17(23)21-12-14-22(15-13-21)18-5-7-19(8-6-18)24-16-4-11-20-9-2-3-10-20/h5-8H,2-4,9-16H2,1H3. The normalized spacial score (nSPS) is 18.9. The maximum atomic E-state index is 11.4. The van der Waals surface area contributed by atoms with E-state index < -0.39 is 0 Å². The highest BCUT2D eigenvalue weighted by atomic mass is 16.5. The molecule has 5 nitrogen and oxygen atoms in total. The average Bonchev–Trinajstić information content (AvgIpc) is 3.13. The Labute approximate surface area is 145 Å². The van der Waals surface area contributed by atoms with Crippen LogP contribution in [0.3, 0.4) is 0 Å². The first-order valence-electron chi connectivity index (χ1n) is 9.18. The lowest BCUT2D eigenvalue weighted by molar-refractivity contribution is -0.129. The van der Waals surface area contributed by atoms with Gasteiger partial charge in [0.2, 0.25) is 5.91 Å². The number of carbonyl (C=O) groups is 1. The minimum Gasteiger partial charge on any atom is -0.494 e. The number of hydrogen-bond acceptors (Lipinski definition) is 4. The van der Waals surface area contributed by atoms with Crippen LogP contribution in [-0.2, 0) is 4.79 Å². The first-order valence-corrected chi connectivity index (χ1v) is 9.18. The highest BCUT2D eigenvalue weighted by Gasteiger charge is 2.18. The fraction of sp³-hybridized carbons (Fsp3) is 0.632. The van der Waals surface area contributed by atoms with Crippen molar-refractivity contribution in [2.75, 3.05) is 57.3 Å². The molecule has 0 unspecified atom stereocenters. The molecule has 1 aromatic rings. The molecule has 2 saturated heterocycles. The van der Waals surface area contributed by atoms with E-state index in [0.717, 1.165) is 51.5 Å². The van der Waals surface area contributed by atoms with Gasteiger partial charge in [0, 0.05) is 45.3 Å². The van der Waals surface area contributed by atoms with Gasteiger partial charge in [-0.15, -0.1) is 0 Å². The van der Waals surface area contributed by atoms with Crippen molar-refractivity contribution in [1.82, 2.24) is 9.80 Å². The molecule has 2 aliphatic rings. The topological polar surface area (TPSA) is 36.0 Å². The summed E-state index contributed by atoms with van der Waals surface area (Å²) in [6.07, 6.45) is 3.79. The van der Waals surface area contributed by atoms with Gasteiger partial charge in [-0.1, -0.05) is 0 Å². The molecule has 5 heteroatoms. The van der Waals surface area contributed by atoms with Crippen LogP contribution < -0.4 is 9.64 Å². The quantitative estimate of drug-likeness (QED) is 0.749. The van der Waals surface area contributed by atoms with Crippen molar-refractivity contribution in [3.63, 3.8) is 0 Å². The van der Waals surface area contributed by atoms with E-state index in [2.05, 4.69) is 34.1 Å². The number of nitrogens with zero attached hydrogens (tertiary/aromatic N) is 3. The van der Waals surface area contributed by atoms with Crippen LogP contribution in [-0.4, -0.2) is 68.1 Å². The maximum absolute atomic E-state index is 11.4. The molecule has 0 bridgehead atoms. The Morgan fingerprint density at radius 2 is 1.67 bits per heavy atom. The van der Waals surface area contributed by atoms with Gasteiger partial charge in [-0.3, -0.25) is 4.79 Å². The van der Waals surface area contributed by atoms with Crippen LogP contribution in [0.5, 0.6) is 5.75 Å². The second-order valence-electron chi connectivity index (χ2n) is 6.74. The van der Waals surface area contributed by atoms with Gasteiger partial charge in [0.1, 0.15) is 5.75 Å². The molecule has 0 radical (unpaired) electrons. The van der Waals surface area contributed by atoms with Crippen molar-refractivity contribution in [3.8, 4) is 5.75 Å². The summed E-state index contributed by atoms with van der Waals surface area (Å²) < 4.78 is 5.86. The van der Waals surface area contributed by atoms with E-state index >= 15 is 0 Å². The van der Waals surface area contributed by atoms with Crippen molar-refractivity contribution < 1.29 is 9.53 Å². The Morgan fingerprint density at radius 3 is 2.29 bits per heavy atom. The van der Waals surface area contributed by atoms with Crippen molar-refractivity contribution in [2.24, 2.45) is 0 Å². The summed E-state index contributed by atoms with van der Waals surface area (Å²) in [7, 11) is 0. The molecule has 0 atom stereocenters. The molecule has 0 aromatic heterocycles. The van der Waals surface area contributed by atoms with Gasteiger partial charge >= 0.3 is 0 Å². The highest BCUT2D eigenvalue weighted by Crippen LogP contribution is 2.21. The van der Waals surface area contributed by atoms with Crippen LogP contribution in [0.4, 0.5) is 5.69 Å². The SMILES string of the molecule is CC(=O)N1CCN(c2ccc(OCCCN3CCCC3)cc2)CC1. The lowest BCUT2D eigenvalue weighted by atomic mass is 10.2. The zero-order valence-electron chi connectivity index (χ0n) is 14.7. The molecule has 0 saturated carbocycles. The van der Waals surface area contributed by atoms with E-state index in [4.69, 9.17) is 4.74 Å². The number of piperazine rings is 1. The predicted molar refractivity (Wildman–Crippen MR) is 96.7 cm³/mol. The summed E-state index contributed by atoms with van der Waals surface area (Å²) in [5, 5.41) is 0. The van der Waals surface area contributed by atoms with E-state index in [1.165, 1.54) is 31.6 Å². The molecular formula is C19H29N3O2. The Balaban J connectivity index is 1.39. The van der Waals surface area contributed by atoms with E-state index in [0.29, 0.717) is 0 Å². The summed E-state index contributed by atoms with van der Waals surface area (Å²) in [6, 6.07) is 8.36. The zero-order valence-corrected chi connectivity index (χ0v) is 14.7. The third kappa shape index (κ3) is 4.63. The van der Waals surface area contributed by atoms with Crippen LogP contribution >= 0.6 is 0 Å². The number of carbonyl (C=O) groups excluding carboxylic acids is 1. The van der Waals surface area contributed by atoms with Gasteiger partial charge in [-0.2, -0.15) is 0 Å². The van der Waals surface area contributed by atoms with E-state index in [9.17, 15) is 4.79 Å². The molecule has 2 fully saturated rings. The van der Waals surface area contributed by atoms with Crippen LogP contribution in [0.15, 0.2) is 24.3 Å². The maximum Gasteiger partial charge on any atom is 0.219 e. The largest absolute Gasteiger partial charge is 0.494 e. The summed E-state index contributed by atoms with van der Waals surface area (Å²) >= 11 is 0. The van der Waals surface area contributed by atoms with Crippen molar-refractivity contribution in [2.45, 2.75) is 26.2 Å². The van der Waals surface area contributed by atoms with Gasteiger partial charge in [0.05, 0.1) is 6.61 Å².